The molecular formula is C15H32N2Si. The standard InChI is InChI=1S/C15H32N2Si/c1-3-16-13-9-8-12-15(13,17-4-2)14(18)10-6-5-7-11-14/h13,16-17H,3-12H2,1-2,18H3. The molecule has 106 valence electrons. The van der Waals surface area contributed by atoms with Crippen LogP contribution in [-0.4, -0.2) is 34.9 Å². The average molecular weight is 269 g/mol. The molecule has 0 bridgehead atoms. The molecule has 0 aromatic rings. The van der Waals surface area contributed by atoms with E-state index < -0.39 is 0 Å². The first-order valence-corrected chi connectivity index (χ1v) is 9.17. The van der Waals surface area contributed by atoms with E-state index in [9.17, 15) is 0 Å². The first-order valence-electron chi connectivity index (χ1n) is 8.17. The van der Waals surface area contributed by atoms with Crippen molar-refractivity contribution in [1.82, 2.24) is 10.6 Å². The van der Waals surface area contributed by atoms with Crippen molar-refractivity contribution in [2.45, 2.75) is 81.8 Å². The summed E-state index contributed by atoms with van der Waals surface area (Å²) in [6, 6.07) is 0.720. The fourth-order valence-electron chi connectivity index (χ4n) is 4.77. The van der Waals surface area contributed by atoms with Crippen LogP contribution in [0.15, 0.2) is 0 Å². The summed E-state index contributed by atoms with van der Waals surface area (Å²) in [4.78, 5) is 0. The first-order chi connectivity index (χ1) is 8.68. The Kier molecular flexibility index (Phi) is 4.90. The van der Waals surface area contributed by atoms with Crippen LogP contribution < -0.4 is 10.6 Å². The Labute approximate surface area is 116 Å². The van der Waals surface area contributed by atoms with E-state index in [1.54, 1.807) is 0 Å². The van der Waals surface area contributed by atoms with Gasteiger partial charge >= 0.3 is 0 Å². The minimum Gasteiger partial charge on any atom is -0.312 e. The monoisotopic (exact) mass is 268 g/mol. The second kappa shape index (κ2) is 6.06. The van der Waals surface area contributed by atoms with Gasteiger partial charge in [0.1, 0.15) is 0 Å². The van der Waals surface area contributed by atoms with Gasteiger partial charge in [0.25, 0.3) is 0 Å². The molecule has 18 heavy (non-hydrogen) atoms. The van der Waals surface area contributed by atoms with Crippen LogP contribution in [-0.2, 0) is 0 Å². The van der Waals surface area contributed by atoms with Crippen LogP contribution in [0.25, 0.3) is 0 Å². The smallest absolute Gasteiger partial charge is 0.0358 e. The molecule has 2 unspecified atom stereocenters. The van der Waals surface area contributed by atoms with Crippen molar-refractivity contribution in [3.05, 3.63) is 0 Å². The van der Waals surface area contributed by atoms with Gasteiger partial charge in [0.15, 0.2) is 0 Å². The van der Waals surface area contributed by atoms with Crippen molar-refractivity contribution in [2.24, 2.45) is 0 Å². The predicted octanol–water partition coefficient (Wildman–Crippen LogP) is 1.98. The largest absolute Gasteiger partial charge is 0.312 e. The molecule has 0 aromatic heterocycles. The third-order valence-electron chi connectivity index (χ3n) is 5.64. The van der Waals surface area contributed by atoms with Gasteiger partial charge in [-0.2, -0.15) is 0 Å². The van der Waals surface area contributed by atoms with E-state index in [1.807, 2.05) is 0 Å². The van der Waals surface area contributed by atoms with Gasteiger partial charge < -0.3 is 10.6 Å². The van der Waals surface area contributed by atoms with E-state index in [1.165, 1.54) is 61.6 Å². The van der Waals surface area contributed by atoms with Gasteiger partial charge in [0, 0.05) is 21.8 Å². The fraction of sp³-hybridized carbons (Fsp3) is 1.00. The van der Waals surface area contributed by atoms with Gasteiger partial charge in [0.05, 0.1) is 0 Å². The Morgan fingerprint density at radius 3 is 2.33 bits per heavy atom. The highest BCUT2D eigenvalue weighted by Crippen LogP contribution is 2.55. The van der Waals surface area contributed by atoms with Crippen molar-refractivity contribution in [1.29, 1.82) is 0 Å². The predicted molar refractivity (Wildman–Crippen MR) is 83.4 cm³/mol. The molecule has 0 spiro atoms. The Balaban J connectivity index is 2.23. The van der Waals surface area contributed by atoms with Crippen LogP contribution >= 0.6 is 0 Å². The summed E-state index contributed by atoms with van der Waals surface area (Å²) in [5.74, 6) is 0. The van der Waals surface area contributed by atoms with Gasteiger partial charge in [-0.15, -0.1) is 0 Å². The van der Waals surface area contributed by atoms with Crippen LogP contribution in [0.3, 0.4) is 0 Å². The van der Waals surface area contributed by atoms with Crippen molar-refractivity contribution in [2.75, 3.05) is 13.1 Å². The highest BCUT2D eigenvalue weighted by molar-refractivity contribution is 6.16. The SMILES string of the molecule is CCNC1CCCC1(NCC)C1([SiH3])CCCCC1. The Bertz CT molecular complexity index is 263. The topological polar surface area (TPSA) is 24.1 Å². The summed E-state index contributed by atoms with van der Waals surface area (Å²) in [6.45, 7) is 6.80. The third-order valence-corrected chi connectivity index (χ3v) is 7.53. The second-order valence-corrected chi connectivity index (χ2v) is 8.54. The van der Waals surface area contributed by atoms with Gasteiger partial charge in [-0.1, -0.05) is 33.1 Å². The summed E-state index contributed by atoms with van der Waals surface area (Å²) >= 11 is 0. The number of hydrogen-bond donors (Lipinski definition) is 2. The van der Waals surface area contributed by atoms with Gasteiger partial charge in [-0.25, -0.2) is 0 Å². The van der Waals surface area contributed by atoms with E-state index in [4.69, 9.17) is 0 Å². The zero-order valence-corrected chi connectivity index (χ0v) is 14.6. The molecule has 0 radical (unpaired) electrons. The molecule has 3 heteroatoms. The molecule has 2 rings (SSSR count). The summed E-state index contributed by atoms with van der Waals surface area (Å²) in [5, 5.41) is 8.42. The normalized spacial score (nSPS) is 36.0. The summed E-state index contributed by atoms with van der Waals surface area (Å²) < 4.78 is 0. The van der Waals surface area contributed by atoms with E-state index in [0.29, 0.717) is 10.6 Å². The lowest BCUT2D eigenvalue weighted by molar-refractivity contribution is 0.150. The zero-order valence-electron chi connectivity index (χ0n) is 12.6. The molecule has 2 N–H and O–H groups in total. The zero-order chi connectivity index (χ0) is 13.1. The lowest BCUT2D eigenvalue weighted by Crippen LogP contribution is -2.64. The average Bonchev–Trinajstić information content (AvgIpc) is 2.76. The van der Waals surface area contributed by atoms with Crippen LogP contribution in [0, 0.1) is 0 Å². The minimum atomic E-state index is 0.421. The summed E-state index contributed by atoms with van der Waals surface area (Å²) in [6.07, 6.45) is 11.6. The van der Waals surface area contributed by atoms with E-state index in [0.717, 1.165) is 19.1 Å². The van der Waals surface area contributed by atoms with Crippen LogP contribution in [0.1, 0.15) is 65.2 Å². The van der Waals surface area contributed by atoms with E-state index >= 15 is 0 Å². The van der Waals surface area contributed by atoms with E-state index in [2.05, 4.69) is 24.5 Å². The molecule has 0 aromatic carbocycles. The Morgan fingerprint density at radius 1 is 1.00 bits per heavy atom. The molecule has 0 saturated heterocycles. The number of hydrogen-bond acceptors (Lipinski definition) is 2. The van der Waals surface area contributed by atoms with Gasteiger partial charge in [-0.05, 0) is 50.2 Å². The molecule has 2 aliphatic carbocycles. The lowest BCUT2D eigenvalue weighted by atomic mass is 9.70. The van der Waals surface area contributed by atoms with Gasteiger partial charge in [-0.3, -0.25) is 0 Å². The van der Waals surface area contributed by atoms with Crippen molar-refractivity contribution in [3.8, 4) is 0 Å². The maximum absolute atomic E-state index is 3.98. The lowest BCUT2D eigenvalue weighted by Gasteiger charge is -2.53. The first kappa shape index (κ1) is 14.5. The Morgan fingerprint density at radius 2 is 1.72 bits per heavy atom. The Hall–Kier alpha value is 0.137. The third kappa shape index (κ3) is 2.41. The summed E-state index contributed by atoms with van der Waals surface area (Å²) in [7, 11) is 1.35. The number of nitrogens with one attached hydrogen (secondary N) is 2. The molecule has 0 heterocycles. The highest BCUT2D eigenvalue weighted by Gasteiger charge is 2.54. The molecule has 0 aliphatic heterocycles. The summed E-state index contributed by atoms with van der Waals surface area (Å²) in [5.41, 5.74) is 0.421. The fourth-order valence-corrected chi connectivity index (χ4v) is 6.25. The van der Waals surface area contributed by atoms with Crippen molar-refractivity contribution < 1.29 is 0 Å². The molecule has 2 saturated carbocycles. The molecule has 0 amide bonds. The quantitative estimate of drug-likeness (QED) is 0.745. The molecule has 2 nitrogen and oxygen atoms in total. The molecule has 2 fully saturated rings. The maximum atomic E-state index is 3.98. The highest BCUT2D eigenvalue weighted by atomic mass is 28.1. The maximum Gasteiger partial charge on any atom is 0.0358 e. The minimum absolute atomic E-state index is 0.421. The van der Waals surface area contributed by atoms with E-state index in [-0.39, 0.29) is 0 Å². The van der Waals surface area contributed by atoms with Crippen LogP contribution in [0.5, 0.6) is 0 Å². The molecule has 2 aliphatic rings. The number of rotatable bonds is 5. The molecule has 2 atom stereocenters. The second-order valence-electron chi connectivity index (χ2n) is 6.63. The van der Waals surface area contributed by atoms with Crippen LogP contribution in [0.2, 0.25) is 5.04 Å². The van der Waals surface area contributed by atoms with Crippen LogP contribution in [0.4, 0.5) is 0 Å². The van der Waals surface area contributed by atoms with Gasteiger partial charge in [0.2, 0.25) is 0 Å². The van der Waals surface area contributed by atoms with Crippen molar-refractivity contribution >= 4 is 10.2 Å². The molecular weight excluding hydrogens is 236 g/mol. The number of likely N-dealkylation sites (N-methyl/N-ethyl adjacent to an activating group) is 2. The van der Waals surface area contributed by atoms with Crippen molar-refractivity contribution in [3.63, 3.8) is 0 Å².